The van der Waals surface area contributed by atoms with Gasteiger partial charge in [0.15, 0.2) is 5.11 Å². The van der Waals surface area contributed by atoms with Crippen LogP contribution in [0.3, 0.4) is 0 Å². The fourth-order valence-corrected chi connectivity index (χ4v) is 2.36. The Morgan fingerprint density at radius 3 is 2.68 bits per heavy atom. The highest BCUT2D eigenvalue weighted by molar-refractivity contribution is 7.80. The van der Waals surface area contributed by atoms with Gasteiger partial charge in [0.05, 0.1) is 11.8 Å². The molecule has 0 aliphatic carbocycles. The van der Waals surface area contributed by atoms with Gasteiger partial charge in [0.25, 0.3) is 0 Å². The molecule has 0 saturated carbocycles. The van der Waals surface area contributed by atoms with Gasteiger partial charge in [-0.15, -0.1) is 0 Å². The van der Waals surface area contributed by atoms with Crippen LogP contribution in [0.1, 0.15) is 26.7 Å². The predicted octanol–water partition coefficient (Wildman–Crippen LogP) is 3.41. The zero-order chi connectivity index (χ0) is 13.8. The first kappa shape index (κ1) is 14.1. The second-order valence-electron chi connectivity index (χ2n) is 4.93. The van der Waals surface area contributed by atoms with E-state index < -0.39 is 0 Å². The minimum Gasteiger partial charge on any atom is -0.489 e. The minimum absolute atomic E-state index is 0.0114. The van der Waals surface area contributed by atoms with Crippen LogP contribution in [0.25, 0.3) is 0 Å². The normalized spacial score (nSPS) is 14.8. The molecule has 5 heteroatoms. The minimum atomic E-state index is -0.312. The molecule has 1 heterocycles. The van der Waals surface area contributed by atoms with Crippen molar-refractivity contribution in [3.05, 3.63) is 24.0 Å². The van der Waals surface area contributed by atoms with E-state index in [1.165, 1.54) is 25.0 Å². The van der Waals surface area contributed by atoms with Crippen molar-refractivity contribution in [2.24, 2.45) is 0 Å². The number of ether oxygens (including phenoxy) is 1. The van der Waals surface area contributed by atoms with Crippen LogP contribution in [0.4, 0.5) is 10.1 Å². The Labute approximate surface area is 118 Å². The van der Waals surface area contributed by atoms with Crippen molar-refractivity contribution < 1.29 is 9.13 Å². The molecule has 0 radical (unpaired) electrons. The highest BCUT2D eigenvalue weighted by Crippen LogP contribution is 2.27. The molecule has 0 aromatic heterocycles. The third-order valence-electron chi connectivity index (χ3n) is 2.94. The van der Waals surface area contributed by atoms with Crippen LogP contribution < -0.4 is 10.1 Å². The van der Waals surface area contributed by atoms with E-state index in [1.807, 2.05) is 13.8 Å². The van der Waals surface area contributed by atoms with E-state index in [4.69, 9.17) is 17.0 Å². The Morgan fingerprint density at radius 1 is 1.37 bits per heavy atom. The average Bonchev–Trinajstić information content (AvgIpc) is 2.85. The highest BCUT2D eigenvalue weighted by atomic mass is 32.1. The van der Waals surface area contributed by atoms with Crippen LogP contribution >= 0.6 is 12.2 Å². The van der Waals surface area contributed by atoms with Gasteiger partial charge in [0, 0.05) is 19.2 Å². The fourth-order valence-electron chi connectivity index (χ4n) is 2.07. The van der Waals surface area contributed by atoms with Gasteiger partial charge in [0.2, 0.25) is 0 Å². The summed E-state index contributed by atoms with van der Waals surface area (Å²) >= 11 is 5.37. The number of likely N-dealkylation sites (tertiary alicyclic amines) is 1. The molecule has 0 unspecified atom stereocenters. The molecule has 0 atom stereocenters. The van der Waals surface area contributed by atoms with Crippen molar-refractivity contribution in [2.75, 3.05) is 18.4 Å². The smallest absolute Gasteiger partial charge is 0.173 e. The van der Waals surface area contributed by atoms with E-state index in [2.05, 4.69) is 10.2 Å². The molecule has 1 fully saturated rings. The number of halogens is 1. The van der Waals surface area contributed by atoms with Gasteiger partial charge in [-0.1, -0.05) is 0 Å². The Hall–Kier alpha value is -1.36. The number of nitrogens with zero attached hydrogens (tertiary/aromatic N) is 1. The summed E-state index contributed by atoms with van der Waals surface area (Å²) in [6.07, 6.45) is 2.32. The zero-order valence-corrected chi connectivity index (χ0v) is 12.1. The summed E-state index contributed by atoms with van der Waals surface area (Å²) in [5.74, 6) is 0.185. The lowest BCUT2D eigenvalue weighted by Crippen LogP contribution is -2.32. The van der Waals surface area contributed by atoms with Gasteiger partial charge in [0.1, 0.15) is 11.6 Å². The van der Waals surface area contributed by atoms with Crippen molar-refractivity contribution in [2.45, 2.75) is 32.8 Å². The molecule has 1 saturated heterocycles. The molecule has 19 heavy (non-hydrogen) atoms. The molecule has 0 bridgehead atoms. The lowest BCUT2D eigenvalue weighted by Gasteiger charge is -2.21. The number of nitrogens with one attached hydrogen (secondary N) is 1. The van der Waals surface area contributed by atoms with E-state index in [1.54, 1.807) is 6.07 Å². The average molecular weight is 282 g/mol. The molecule has 104 valence electrons. The number of rotatable bonds is 3. The topological polar surface area (TPSA) is 24.5 Å². The molecule has 1 N–H and O–H groups in total. The first-order valence-corrected chi connectivity index (χ1v) is 6.99. The number of thiocarbonyl (C=S) groups is 1. The van der Waals surface area contributed by atoms with E-state index in [9.17, 15) is 4.39 Å². The summed E-state index contributed by atoms with van der Waals surface area (Å²) in [6.45, 7) is 5.78. The Balaban J connectivity index is 2.11. The maximum Gasteiger partial charge on any atom is 0.173 e. The third kappa shape index (κ3) is 3.80. The molecule has 0 spiro atoms. The van der Waals surface area contributed by atoms with Crippen molar-refractivity contribution in [3.8, 4) is 5.75 Å². The lowest BCUT2D eigenvalue weighted by molar-refractivity contribution is 0.243. The quantitative estimate of drug-likeness (QED) is 0.859. The second kappa shape index (κ2) is 6.19. The summed E-state index contributed by atoms with van der Waals surface area (Å²) < 4.78 is 18.9. The van der Waals surface area contributed by atoms with Crippen molar-refractivity contribution in [3.63, 3.8) is 0 Å². The van der Waals surface area contributed by atoms with Crippen LogP contribution in [0, 0.1) is 5.82 Å². The van der Waals surface area contributed by atoms with Gasteiger partial charge in [-0.25, -0.2) is 4.39 Å². The molecule has 1 aliphatic rings. The van der Waals surface area contributed by atoms with Gasteiger partial charge in [-0.2, -0.15) is 0 Å². The summed E-state index contributed by atoms with van der Waals surface area (Å²) in [5, 5.41) is 3.83. The Morgan fingerprint density at radius 2 is 2.05 bits per heavy atom. The van der Waals surface area contributed by atoms with Crippen molar-refractivity contribution in [1.82, 2.24) is 4.90 Å². The van der Waals surface area contributed by atoms with E-state index in [-0.39, 0.29) is 11.9 Å². The van der Waals surface area contributed by atoms with Crippen LogP contribution in [0.2, 0.25) is 0 Å². The molecular weight excluding hydrogens is 263 g/mol. The molecule has 0 amide bonds. The maximum absolute atomic E-state index is 13.3. The summed E-state index contributed by atoms with van der Waals surface area (Å²) in [6, 6.07) is 4.45. The zero-order valence-electron chi connectivity index (χ0n) is 11.3. The molecular formula is C14H19FN2OS. The van der Waals surface area contributed by atoms with E-state index >= 15 is 0 Å². The monoisotopic (exact) mass is 282 g/mol. The Bertz CT molecular complexity index is 459. The second-order valence-corrected chi connectivity index (χ2v) is 5.32. The van der Waals surface area contributed by atoms with Crippen LogP contribution in [0.15, 0.2) is 18.2 Å². The number of hydrogen-bond acceptors (Lipinski definition) is 2. The first-order valence-electron chi connectivity index (χ1n) is 6.58. The van der Waals surface area contributed by atoms with Gasteiger partial charge < -0.3 is 15.0 Å². The SMILES string of the molecule is CC(C)Oc1cc(F)ccc1NC(=S)N1CCCC1. The maximum atomic E-state index is 13.3. The molecule has 3 nitrogen and oxygen atoms in total. The van der Waals surface area contributed by atoms with Crippen LogP contribution in [-0.4, -0.2) is 29.2 Å². The van der Waals surface area contributed by atoms with Gasteiger partial charge in [-0.05, 0) is 51.0 Å². The molecule has 1 aromatic rings. The van der Waals surface area contributed by atoms with Crippen LogP contribution in [-0.2, 0) is 0 Å². The highest BCUT2D eigenvalue weighted by Gasteiger charge is 2.16. The summed E-state index contributed by atoms with van der Waals surface area (Å²) in [5.41, 5.74) is 0.715. The summed E-state index contributed by atoms with van der Waals surface area (Å²) in [7, 11) is 0. The van der Waals surface area contributed by atoms with Crippen LogP contribution in [0.5, 0.6) is 5.75 Å². The standard InChI is InChI=1S/C14H19FN2OS/c1-10(2)18-13-9-11(15)5-6-12(13)16-14(19)17-7-3-4-8-17/h5-6,9-10H,3-4,7-8H2,1-2H3,(H,16,19). The third-order valence-corrected chi connectivity index (χ3v) is 3.30. The van der Waals surface area contributed by atoms with E-state index in [0.717, 1.165) is 13.1 Å². The van der Waals surface area contributed by atoms with Crippen molar-refractivity contribution >= 4 is 23.0 Å². The molecule has 2 rings (SSSR count). The lowest BCUT2D eigenvalue weighted by atomic mass is 10.2. The fraction of sp³-hybridized carbons (Fsp3) is 0.500. The Kier molecular flexibility index (Phi) is 4.58. The number of benzene rings is 1. The first-order chi connectivity index (χ1) is 9.06. The van der Waals surface area contributed by atoms with E-state index in [0.29, 0.717) is 16.5 Å². The number of anilines is 1. The molecule has 1 aromatic carbocycles. The van der Waals surface area contributed by atoms with Crippen molar-refractivity contribution in [1.29, 1.82) is 0 Å². The molecule has 1 aliphatic heterocycles. The summed E-state index contributed by atoms with van der Waals surface area (Å²) in [4.78, 5) is 2.12. The van der Waals surface area contributed by atoms with Gasteiger partial charge in [-0.3, -0.25) is 0 Å². The number of hydrogen-bond donors (Lipinski definition) is 1. The predicted molar refractivity (Wildman–Crippen MR) is 79.2 cm³/mol. The largest absolute Gasteiger partial charge is 0.489 e. The van der Waals surface area contributed by atoms with Gasteiger partial charge >= 0.3 is 0 Å².